The lowest BCUT2D eigenvalue weighted by Gasteiger charge is -2.31. The SMILES string of the molecule is CC(SCc1ccccc1)C(=O)N1CCc2ccc(C(=O)O)cc2C1. The molecule has 4 nitrogen and oxygen atoms in total. The molecule has 0 aliphatic carbocycles. The Morgan fingerprint density at radius 1 is 1.16 bits per heavy atom. The van der Waals surface area contributed by atoms with Crippen LogP contribution in [0.3, 0.4) is 0 Å². The molecule has 5 heteroatoms. The van der Waals surface area contributed by atoms with Gasteiger partial charge in [-0.15, -0.1) is 11.8 Å². The van der Waals surface area contributed by atoms with Gasteiger partial charge in [-0.2, -0.15) is 0 Å². The Bertz CT molecular complexity index is 776. The molecule has 0 radical (unpaired) electrons. The second-order valence-corrected chi connectivity index (χ2v) is 7.57. The van der Waals surface area contributed by atoms with Gasteiger partial charge in [-0.3, -0.25) is 4.79 Å². The van der Waals surface area contributed by atoms with Gasteiger partial charge >= 0.3 is 5.97 Å². The van der Waals surface area contributed by atoms with Crippen LogP contribution in [-0.4, -0.2) is 33.7 Å². The Labute approximate surface area is 151 Å². The van der Waals surface area contributed by atoms with Gasteiger partial charge in [0, 0.05) is 18.8 Å². The lowest BCUT2D eigenvalue weighted by Crippen LogP contribution is -2.40. The Balaban J connectivity index is 1.63. The third-order valence-corrected chi connectivity index (χ3v) is 5.67. The van der Waals surface area contributed by atoms with E-state index < -0.39 is 5.97 Å². The van der Waals surface area contributed by atoms with Gasteiger partial charge in [0.15, 0.2) is 0 Å². The third kappa shape index (κ3) is 4.23. The van der Waals surface area contributed by atoms with Crippen LogP contribution in [0, 0.1) is 0 Å². The molecule has 0 saturated heterocycles. The first-order valence-corrected chi connectivity index (χ1v) is 9.39. The van der Waals surface area contributed by atoms with Crippen molar-refractivity contribution < 1.29 is 14.7 Å². The molecule has 25 heavy (non-hydrogen) atoms. The first kappa shape index (κ1) is 17.5. The Morgan fingerprint density at radius 3 is 2.64 bits per heavy atom. The van der Waals surface area contributed by atoms with E-state index in [4.69, 9.17) is 5.11 Å². The lowest BCUT2D eigenvalue weighted by molar-refractivity contribution is -0.131. The summed E-state index contributed by atoms with van der Waals surface area (Å²) in [7, 11) is 0. The number of carbonyl (C=O) groups excluding carboxylic acids is 1. The Morgan fingerprint density at radius 2 is 1.92 bits per heavy atom. The average molecular weight is 355 g/mol. The van der Waals surface area contributed by atoms with Crippen LogP contribution in [0.1, 0.15) is 34.0 Å². The number of benzene rings is 2. The maximum absolute atomic E-state index is 12.7. The van der Waals surface area contributed by atoms with Crippen LogP contribution < -0.4 is 0 Å². The number of rotatable bonds is 5. The highest BCUT2D eigenvalue weighted by Gasteiger charge is 2.25. The van der Waals surface area contributed by atoms with E-state index in [9.17, 15) is 9.59 Å². The zero-order chi connectivity index (χ0) is 17.8. The fourth-order valence-corrected chi connectivity index (χ4v) is 3.93. The number of thioether (sulfide) groups is 1. The molecule has 2 aromatic carbocycles. The second-order valence-electron chi connectivity index (χ2n) is 6.24. The van der Waals surface area contributed by atoms with Crippen molar-refractivity contribution in [2.45, 2.75) is 30.9 Å². The van der Waals surface area contributed by atoms with E-state index in [1.54, 1.807) is 23.9 Å². The average Bonchev–Trinajstić information content (AvgIpc) is 2.65. The van der Waals surface area contributed by atoms with Crippen molar-refractivity contribution in [3.63, 3.8) is 0 Å². The summed E-state index contributed by atoms with van der Waals surface area (Å²) in [6, 6.07) is 15.3. The molecule has 1 aliphatic heterocycles. The maximum Gasteiger partial charge on any atom is 0.335 e. The summed E-state index contributed by atoms with van der Waals surface area (Å²) in [5.74, 6) is -0.00762. The molecule has 3 rings (SSSR count). The molecule has 0 spiro atoms. The van der Waals surface area contributed by atoms with Crippen LogP contribution in [0.5, 0.6) is 0 Å². The quantitative estimate of drug-likeness (QED) is 0.890. The first-order chi connectivity index (χ1) is 12.0. The van der Waals surface area contributed by atoms with Crippen LogP contribution >= 0.6 is 11.8 Å². The minimum Gasteiger partial charge on any atom is -0.478 e. The standard InChI is InChI=1S/C20H21NO3S/c1-14(25-13-15-5-3-2-4-6-15)19(22)21-10-9-16-7-8-17(20(23)24)11-18(16)12-21/h2-8,11,14H,9-10,12-13H2,1H3,(H,23,24). The van der Waals surface area contributed by atoms with E-state index in [0.29, 0.717) is 13.1 Å². The molecule has 1 atom stereocenters. The van der Waals surface area contributed by atoms with Gasteiger partial charge in [-0.25, -0.2) is 4.79 Å². The topological polar surface area (TPSA) is 57.6 Å². The van der Waals surface area contributed by atoms with Gasteiger partial charge in [-0.05, 0) is 42.2 Å². The highest BCUT2D eigenvalue weighted by molar-refractivity contribution is 7.99. The summed E-state index contributed by atoms with van der Waals surface area (Å²) in [5.41, 5.74) is 3.57. The number of hydrogen-bond donors (Lipinski definition) is 1. The number of hydrogen-bond acceptors (Lipinski definition) is 3. The van der Waals surface area contributed by atoms with Crippen molar-refractivity contribution in [2.24, 2.45) is 0 Å². The number of amides is 1. The van der Waals surface area contributed by atoms with Crippen molar-refractivity contribution in [1.29, 1.82) is 0 Å². The molecule has 1 amide bonds. The molecule has 1 aliphatic rings. The van der Waals surface area contributed by atoms with Gasteiger partial charge < -0.3 is 10.0 Å². The van der Waals surface area contributed by atoms with Crippen LogP contribution in [0.2, 0.25) is 0 Å². The number of nitrogens with zero attached hydrogens (tertiary/aromatic N) is 1. The third-order valence-electron chi connectivity index (χ3n) is 4.47. The Kier molecular flexibility index (Phi) is 5.43. The zero-order valence-corrected chi connectivity index (χ0v) is 15.0. The van der Waals surface area contributed by atoms with E-state index in [1.165, 1.54) is 5.56 Å². The maximum atomic E-state index is 12.7. The molecule has 1 unspecified atom stereocenters. The number of carboxylic acids is 1. The van der Waals surface area contributed by atoms with Crippen LogP contribution in [0.15, 0.2) is 48.5 Å². The zero-order valence-electron chi connectivity index (χ0n) is 14.1. The van der Waals surface area contributed by atoms with Crippen molar-refractivity contribution in [1.82, 2.24) is 4.90 Å². The van der Waals surface area contributed by atoms with Crippen LogP contribution in [0.25, 0.3) is 0 Å². The predicted molar refractivity (Wildman–Crippen MR) is 99.7 cm³/mol. The number of fused-ring (bicyclic) bond motifs is 1. The summed E-state index contributed by atoms with van der Waals surface area (Å²) < 4.78 is 0. The smallest absolute Gasteiger partial charge is 0.335 e. The Hall–Kier alpha value is -2.27. The fourth-order valence-electron chi connectivity index (χ4n) is 3.00. The van der Waals surface area contributed by atoms with Gasteiger partial charge in [0.2, 0.25) is 5.91 Å². The molecule has 2 aromatic rings. The van der Waals surface area contributed by atoms with Gasteiger partial charge in [0.1, 0.15) is 0 Å². The number of carboxylic acid groups (broad SMARTS) is 1. The normalized spacial score (nSPS) is 14.7. The molecular formula is C20H21NO3S. The molecule has 130 valence electrons. The van der Waals surface area contributed by atoms with E-state index >= 15 is 0 Å². The fraction of sp³-hybridized carbons (Fsp3) is 0.300. The summed E-state index contributed by atoms with van der Waals surface area (Å²) in [4.78, 5) is 25.7. The number of aromatic carboxylic acids is 1. The molecule has 0 aromatic heterocycles. The molecule has 0 bridgehead atoms. The molecular weight excluding hydrogens is 334 g/mol. The largest absolute Gasteiger partial charge is 0.478 e. The summed E-state index contributed by atoms with van der Waals surface area (Å²) in [5, 5.41) is 9.02. The predicted octanol–water partition coefficient (Wildman–Crippen LogP) is 3.59. The van der Waals surface area contributed by atoms with E-state index in [1.807, 2.05) is 36.1 Å². The van der Waals surface area contributed by atoms with Gasteiger partial charge in [-0.1, -0.05) is 36.4 Å². The highest BCUT2D eigenvalue weighted by atomic mass is 32.2. The van der Waals surface area contributed by atoms with Crippen LogP contribution in [-0.2, 0) is 23.5 Å². The lowest BCUT2D eigenvalue weighted by atomic mass is 9.97. The van der Waals surface area contributed by atoms with Crippen molar-refractivity contribution in [3.8, 4) is 0 Å². The number of carbonyl (C=O) groups is 2. The first-order valence-electron chi connectivity index (χ1n) is 8.34. The van der Waals surface area contributed by atoms with Crippen molar-refractivity contribution in [2.75, 3.05) is 6.54 Å². The van der Waals surface area contributed by atoms with E-state index in [2.05, 4.69) is 12.1 Å². The molecule has 0 fully saturated rings. The van der Waals surface area contributed by atoms with Crippen molar-refractivity contribution in [3.05, 3.63) is 70.8 Å². The van der Waals surface area contributed by atoms with Crippen molar-refractivity contribution >= 4 is 23.6 Å². The summed E-state index contributed by atoms with van der Waals surface area (Å²) in [6.45, 7) is 3.12. The highest BCUT2D eigenvalue weighted by Crippen LogP contribution is 2.24. The van der Waals surface area contributed by atoms with Gasteiger partial charge in [0.05, 0.1) is 10.8 Å². The molecule has 1 heterocycles. The monoisotopic (exact) mass is 355 g/mol. The second kappa shape index (κ2) is 7.74. The van der Waals surface area contributed by atoms with E-state index in [0.717, 1.165) is 23.3 Å². The molecule has 0 saturated carbocycles. The minimum atomic E-state index is -0.932. The van der Waals surface area contributed by atoms with Crippen LogP contribution in [0.4, 0.5) is 0 Å². The van der Waals surface area contributed by atoms with Gasteiger partial charge in [0.25, 0.3) is 0 Å². The summed E-state index contributed by atoms with van der Waals surface area (Å²) in [6.07, 6.45) is 0.775. The molecule has 1 N–H and O–H groups in total. The van der Waals surface area contributed by atoms with E-state index in [-0.39, 0.29) is 16.7 Å². The summed E-state index contributed by atoms with van der Waals surface area (Å²) >= 11 is 1.64. The minimum absolute atomic E-state index is 0.118.